The summed E-state index contributed by atoms with van der Waals surface area (Å²) in [5.41, 5.74) is 9.39. The second-order valence-electron chi connectivity index (χ2n) is 9.59. The van der Waals surface area contributed by atoms with E-state index >= 15 is 0 Å². The zero-order valence-corrected chi connectivity index (χ0v) is 21.2. The molecule has 2 heterocycles. The van der Waals surface area contributed by atoms with Gasteiger partial charge in [-0.3, -0.25) is 9.69 Å². The van der Waals surface area contributed by atoms with Gasteiger partial charge in [-0.05, 0) is 67.6 Å². The SMILES string of the molecule is CC(O)c1cc(N)cc2nc(-c3ccc(NC(=O)CN4CCN(c5ccc(C(F)(F)F)cc5)CC4)cc3)oc12. The Morgan fingerprint density at radius 1 is 1.08 bits per heavy atom. The molecule has 39 heavy (non-hydrogen) atoms. The van der Waals surface area contributed by atoms with Gasteiger partial charge in [0.1, 0.15) is 5.52 Å². The number of aliphatic hydroxyl groups is 1. The maximum absolute atomic E-state index is 12.8. The summed E-state index contributed by atoms with van der Waals surface area (Å²) in [6, 6.07) is 15.6. The van der Waals surface area contributed by atoms with Crippen molar-refractivity contribution in [3.63, 3.8) is 0 Å². The summed E-state index contributed by atoms with van der Waals surface area (Å²) in [7, 11) is 0. The number of anilines is 3. The fraction of sp³-hybridized carbons (Fsp3) is 0.286. The summed E-state index contributed by atoms with van der Waals surface area (Å²) < 4.78 is 44.3. The van der Waals surface area contributed by atoms with Crippen molar-refractivity contribution >= 4 is 34.1 Å². The number of piperazine rings is 1. The molecule has 1 amide bonds. The van der Waals surface area contributed by atoms with E-state index in [1.54, 1.807) is 43.3 Å². The molecular formula is C28H28F3N5O3. The van der Waals surface area contributed by atoms with Crippen molar-refractivity contribution < 1.29 is 27.5 Å². The molecule has 0 saturated carbocycles. The van der Waals surface area contributed by atoms with E-state index in [0.717, 1.165) is 17.8 Å². The number of hydrogen-bond donors (Lipinski definition) is 3. The van der Waals surface area contributed by atoms with Gasteiger partial charge in [0, 0.05) is 54.4 Å². The van der Waals surface area contributed by atoms with Gasteiger partial charge in [0.15, 0.2) is 5.58 Å². The number of nitrogens with one attached hydrogen (secondary N) is 1. The minimum absolute atomic E-state index is 0.162. The predicted octanol–water partition coefficient (Wildman–Crippen LogP) is 4.91. The van der Waals surface area contributed by atoms with Crippen molar-refractivity contribution in [3.8, 4) is 11.5 Å². The van der Waals surface area contributed by atoms with Crippen molar-refractivity contribution in [2.24, 2.45) is 0 Å². The highest BCUT2D eigenvalue weighted by atomic mass is 19.4. The second-order valence-corrected chi connectivity index (χ2v) is 9.59. The van der Waals surface area contributed by atoms with Crippen LogP contribution in [0.3, 0.4) is 0 Å². The zero-order chi connectivity index (χ0) is 27.7. The summed E-state index contributed by atoms with van der Waals surface area (Å²) in [4.78, 5) is 21.1. The van der Waals surface area contributed by atoms with Crippen molar-refractivity contribution in [2.75, 3.05) is 48.7 Å². The summed E-state index contributed by atoms with van der Waals surface area (Å²) in [5.74, 6) is 0.214. The molecule has 3 aromatic carbocycles. The molecular weight excluding hydrogens is 511 g/mol. The normalized spacial score (nSPS) is 15.5. The average Bonchev–Trinajstić information content (AvgIpc) is 3.32. The number of nitrogen functional groups attached to an aromatic ring is 1. The van der Waals surface area contributed by atoms with Crippen LogP contribution in [0.2, 0.25) is 0 Å². The van der Waals surface area contributed by atoms with E-state index in [9.17, 15) is 23.1 Å². The summed E-state index contributed by atoms with van der Waals surface area (Å²) in [5, 5.41) is 12.9. The molecule has 1 fully saturated rings. The third kappa shape index (κ3) is 5.99. The van der Waals surface area contributed by atoms with E-state index in [1.807, 2.05) is 9.80 Å². The van der Waals surface area contributed by atoms with Crippen LogP contribution >= 0.6 is 0 Å². The molecule has 1 atom stereocenters. The largest absolute Gasteiger partial charge is 0.436 e. The van der Waals surface area contributed by atoms with Crippen molar-refractivity contribution in [3.05, 3.63) is 71.8 Å². The third-order valence-corrected chi connectivity index (χ3v) is 6.71. The Kier molecular flexibility index (Phi) is 7.19. The first-order chi connectivity index (χ1) is 18.6. The van der Waals surface area contributed by atoms with E-state index in [4.69, 9.17) is 10.2 Å². The van der Waals surface area contributed by atoms with Gasteiger partial charge in [-0.25, -0.2) is 4.98 Å². The molecule has 0 bridgehead atoms. The Bertz CT molecular complexity index is 1460. The Labute approximate surface area is 222 Å². The highest BCUT2D eigenvalue weighted by Crippen LogP contribution is 2.32. The lowest BCUT2D eigenvalue weighted by Crippen LogP contribution is -2.48. The molecule has 204 valence electrons. The van der Waals surface area contributed by atoms with Crippen LogP contribution in [0.15, 0.2) is 65.1 Å². The number of nitrogens with zero attached hydrogens (tertiary/aromatic N) is 3. The van der Waals surface area contributed by atoms with Crippen LogP contribution in [0.1, 0.15) is 24.2 Å². The number of fused-ring (bicyclic) bond motifs is 1. The zero-order valence-electron chi connectivity index (χ0n) is 21.2. The van der Waals surface area contributed by atoms with Crippen LogP contribution < -0.4 is 16.0 Å². The van der Waals surface area contributed by atoms with Crippen molar-refractivity contribution in [2.45, 2.75) is 19.2 Å². The number of carbonyl (C=O) groups excluding carboxylic acids is 1. The molecule has 11 heteroatoms. The summed E-state index contributed by atoms with van der Waals surface area (Å²) in [6.45, 7) is 4.29. The quantitative estimate of drug-likeness (QED) is 0.299. The smallest absolute Gasteiger partial charge is 0.416 e. The first kappa shape index (κ1) is 26.5. The number of halogens is 3. The van der Waals surface area contributed by atoms with E-state index < -0.39 is 17.8 Å². The molecule has 1 aliphatic heterocycles. The van der Waals surface area contributed by atoms with Gasteiger partial charge in [0.05, 0.1) is 18.2 Å². The number of hydrogen-bond acceptors (Lipinski definition) is 7. The fourth-order valence-electron chi connectivity index (χ4n) is 4.64. The molecule has 1 saturated heterocycles. The summed E-state index contributed by atoms with van der Waals surface area (Å²) >= 11 is 0. The molecule has 5 rings (SSSR count). The number of oxazole rings is 1. The standard InChI is InChI=1S/C28H28F3N5O3/c1-17(37)23-14-20(32)15-24-26(23)39-27(34-24)18-2-6-21(7-3-18)33-25(38)16-35-10-12-36(13-11-35)22-8-4-19(5-9-22)28(29,30)31/h2-9,14-15,17,37H,10-13,16,32H2,1H3,(H,33,38). The first-order valence-corrected chi connectivity index (χ1v) is 12.5. The number of benzene rings is 3. The lowest BCUT2D eigenvalue weighted by atomic mass is 10.1. The van der Waals surface area contributed by atoms with Gasteiger partial charge < -0.3 is 25.5 Å². The van der Waals surface area contributed by atoms with E-state index in [-0.39, 0.29) is 12.5 Å². The molecule has 1 aliphatic rings. The Hall–Kier alpha value is -4.09. The van der Waals surface area contributed by atoms with E-state index in [1.165, 1.54) is 12.1 Å². The van der Waals surface area contributed by atoms with Gasteiger partial charge in [-0.15, -0.1) is 0 Å². The van der Waals surface area contributed by atoms with Gasteiger partial charge >= 0.3 is 6.18 Å². The molecule has 0 radical (unpaired) electrons. The van der Waals surface area contributed by atoms with Crippen LogP contribution in [0.4, 0.5) is 30.2 Å². The van der Waals surface area contributed by atoms with Crippen LogP contribution in [0.5, 0.6) is 0 Å². The van der Waals surface area contributed by atoms with Crippen LogP contribution in [0, 0.1) is 0 Å². The van der Waals surface area contributed by atoms with Gasteiger partial charge in [-0.1, -0.05) is 0 Å². The van der Waals surface area contributed by atoms with E-state index in [2.05, 4.69) is 10.3 Å². The lowest BCUT2D eigenvalue weighted by Gasteiger charge is -2.35. The second kappa shape index (κ2) is 10.6. The van der Waals surface area contributed by atoms with Crippen molar-refractivity contribution in [1.82, 2.24) is 9.88 Å². The minimum Gasteiger partial charge on any atom is -0.436 e. The molecule has 4 aromatic rings. The number of nitrogens with two attached hydrogens (primary N) is 1. The number of alkyl halides is 3. The summed E-state index contributed by atoms with van der Waals surface area (Å²) in [6.07, 6.45) is -5.12. The molecule has 4 N–H and O–H groups in total. The van der Waals surface area contributed by atoms with Gasteiger partial charge in [-0.2, -0.15) is 13.2 Å². The Morgan fingerprint density at radius 3 is 2.36 bits per heavy atom. The lowest BCUT2D eigenvalue weighted by molar-refractivity contribution is -0.137. The first-order valence-electron chi connectivity index (χ1n) is 12.5. The van der Waals surface area contributed by atoms with Gasteiger partial charge in [0.25, 0.3) is 0 Å². The van der Waals surface area contributed by atoms with Crippen molar-refractivity contribution in [1.29, 1.82) is 0 Å². The maximum atomic E-state index is 12.8. The van der Waals surface area contributed by atoms with Crippen LogP contribution in [-0.4, -0.2) is 53.6 Å². The number of amides is 1. The molecule has 0 spiro atoms. The highest BCUT2D eigenvalue weighted by molar-refractivity contribution is 5.92. The minimum atomic E-state index is -4.35. The van der Waals surface area contributed by atoms with Crippen LogP contribution in [-0.2, 0) is 11.0 Å². The third-order valence-electron chi connectivity index (χ3n) is 6.71. The Morgan fingerprint density at radius 2 is 1.74 bits per heavy atom. The number of aromatic nitrogens is 1. The monoisotopic (exact) mass is 539 g/mol. The predicted molar refractivity (Wildman–Crippen MR) is 143 cm³/mol. The average molecular weight is 540 g/mol. The van der Waals surface area contributed by atoms with E-state index in [0.29, 0.717) is 65.7 Å². The van der Waals surface area contributed by atoms with Gasteiger partial charge in [0.2, 0.25) is 11.8 Å². The Balaban J connectivity index is 1.15. The molecule has 0 aliphatic carbocycles. The number of carbonyl (C=O) groups is 1. The number of aliphatic hydroxyl groups excluding tert-OH is 1. The maximum Gasteiger partial charge on any atom is 0.416 e. The molecule has 1 unspecified atom stereocenters. The molecule has 1 aromatic heterocycles. The van der Waals surface area contributed by atoms with Crippen LogP contribution in [0.25, 0.3) is 22.6 Å². The molecule has 8 nitrogen and oxygen atoms in total. The highest BCUT2D eigenvalue weighted by Gasteiger charge is 2.30. The topological polar surface area (TPSA) is 108 Å². The fourth-order valence-corrected chi connectivity index (χ4v) is 4.64. The number of rotatable bonds is 6.